The lowest BCUT2D eigenvalue weighted by molar-refractivity contribution is -0.192. The van der Waals surface area contributed by atoms with Crippen LogP contribution in [0.5, 0.6) is 0 Å². The molecule has 0 radical (unpaired) electrons. The highest BCUT2D eigenvalue weighted by molar-refractivity contribution is 5.73. The summed E-state index contributed by atoms with van der Waals surface area (Å²) in [6.45, 7) is 0.953. The molecule has 1 heterocycles. The SMILES string of the molecule is COC1NCc2cc(C3CC3)ccc21.O=C(O)C(F)(F)F. The molecule has 1 aliphatic heterocycles. The Bertz CT molecular complexity index is 527. The van der Waals surface area contributed by atoms with Crippen molar-refractivity contribution in [2.45, 2.75) is 37.7 Å². The molecular weight excluding hydrogens is 287 g/mol. The van der Waals surface area contributed by atoms with Gasteiger partial charge in [0.1, 0.15) is 6.23 Å². The van der Waals surface area contributed by atoms with Crippen LogP contribution in [-0.2, 0) is 16.1 Å². The number of alkyl halides is 3. The number of carboxylic acid groups (broad SMARTS) is 1. The molecule has 1 fully saturated rings. The molecule has 1 aliphatic carbocycles. The molecule has 2 N–H and O–H groups in total. The molecule has 0 spiro atoms. The predicted octanol–water partition coefficient (Wildman–Crippen LogP) is 2.95. The quantitative estimate of drug-likeness (QED) is 0.882. The van der Waals surface area contributed by atoms with Crippen LogP contribution >= 0.6 is 0 Å². The zero-order valence-electron chi connectivity index (χ0n) is 11.4. The van der Waals surface area contributed by atoms with Gasteiger partial charge in [0.25, 0.3) is 0 Å². The summed E-state index contributed by atoms with van der Waals surface area (Å²) in [5.41, 5.74) is 4.25. The molecule has 0 bridgehead atoms. The van der Waals surface area contributed by atoms with Crippen molar-refractivity contribution < 1.29 is 27.8 Å². The van der Waals surface area contributed by atoms with Crippen LogP contribution in [0.15, 0.2) is 18.2 Å². The summed E-state index contributed by atoms with van der Waals surface area (Å²) in [6, 6.07) is 6.83. The number of hydrogen-bond donors (Lipinski definition) is 2. The van der Waals surface area contributed by atoms with E-state index in [4.69, 9.17) is 14.6 Å². The Hall–Kier alpha value is -1.60. The highest BCUT2D eigenvalue weighted by Crippen LogP contribution is 2.41. The Morgan fingerprint density at radius 1 is 1.38 bits per heavy atom. The van der Waals surface area contributed by atoms with Gasteiger partial charge in [-0.15, -0.1) is 0 Å². The maximum Gasteiger partial charge on any atom is 0.490 e. The van der Waals surface area contributed by atoms with Crippen molar-refractivity contribution in [1.82, 2.24) is 5.32 Å². The van der Waals surface area contributed by atoms with E-state index in [1.165, 1.54) is 29.5 Å². The topological polar surface area (TPSA) is 58.6 Å². The minimum atomic E-state index is -5.08. The fourth-order valence-electron chi connectivity index (χ4n) is 2.23. The van der Waals surface area contributed by atoms with Crippen LogP contribution in [0.2, 0.25) is 0 Å². The monoisotopic (exact) mass is 303 g/mol. The maximum atomic E-state index is 10.6. The normalized spacial score (nSPS) is 20.5. The van der Waals surface area contributed by atoms with Crippen molar-refractivity contribution in [1.29, 1.82) is 0 Å². The Morgan fingerprint density at radius 2 is 2.00 bits per heavy atom. The van der Waals surface area contributed by atoms with Gasteiger partial charge in [-0.25, -0.2) is 4.79 Å². The van der Waals surface area contributed by atoms with E-state index < -0.39 is 12.1 Å². The van der Waals surface area contributed by atoms with Crippen LogP contribution in [0.1, 0.15) is 41.7 Å². The van der Waals surface area contributed by atoms with Crippen LogP contribution < -0.4 is 5.32 Å². The zero-order chi connectivity index (χ0) is 15.6. The number of halogens is 3. The number of aliphatic carboxylic acids is 1. The van der Waals surface area contributed by atoms with Crippen molar-refractivity contribution >= 4 is 5.97 Å². The third kappa shape index (κ3) is 3.95. The smallest absolute Gasteiger partial charge is 0.475 e. The fourth-order valence-corrected chi connectivity index (χ4v) is 2.23. The molecule has 1 saturated carbocycles. The van der Waals surface area contributed by atoms with E-state index >= 15 is 0 Å². The van der Waals surface area contributed by atoms with E-state index in [1.807, 2.05) is 0 Å². The molecule has 1 aromatic carbocycles. The van der Waals surface area contributed by atoms with E-state index in [2.05, 4.69) is 23.5 Å². The van der Waals surface area contributed by atoms with Crippen molar-refractivity contribution in [3.8, 4) is 0 Å². The van der Waals surface area contributed by atoms with Crippen molar-refractivity contribution in [3.05, 3.63) is 34.9 Å². The van der Waals surface area contributed by atoms with Gasteiger partial charge in [0.15, 0.2) is 0 Å². The largest absolute Gasteiger partial charge is 0.490 e. The van der Waals surface area contributed by atoms with Crippen LogP contribution in [0, 0.1) is 0 Å². The molecule has 1 atom stereocenters. The summed E-state index contributed by atoms with van der Waals surface area (Å²) in [4.78, 5) is 8.90. The summed E-state index contributed by atoms with van der Waals surface area (Å²) in [5, 5.41) is 10.5. The second-order valence-corrected chi connectivity index (χ2v) is 5.03. The predicted molar refractivity (Wildman–Crippen MR) is 68.7 cm³/mol. The van der Waals surface area contributed by atoms with Gasteiger partial charge in [-0.2, -0.15) is 13.2 Å². The average Bonchev–Trinajstić information content (AvgIpc) is 3.18. The van der Waals surface area contributed by atoms with E-state index in [1.54, 1.807) is 7.11 Å². The van der Waals surface area contributed by atoms with Crippen LogP contribution in [-0.4, -0.2) is 24.4 Å². The number of rotatable bonds is 2. The van der Waals surface area contributed by atoms with Gasteiger partial charge in [0, 0.05) is 13.7 Å². The summed E-state index contributed by atoms with van der Waals surface area (Å²) in [6.07, 6.45) is -2.22. The maximum absolute atomic E-state index is 10.6. The lowest BCUT2D eigenvalue weighted by Gasteiger charge is -2.09. The Kier molecular flexibility index (Phi) is 4.53. The molecule has 0 amide bonds. The lowest BCUT2D eigenvalue weighted by atomic mass is 10.0. The average molecular weight is 303 g/mol. The number of benzene rings is 1. The number of nitrogens with one attached hydrogen (secondary N) is 1. The number of hydrogen-bond acceptors (Lipinski definition) is 3. The molecule has 0 saturated heterocycles. The zero-order valence-corrected chi connectivity index (χ0v) is 11.4. The first kappa shape index (κ1) is 15.8. The first-order valence-electron chi connectivity index (χ1n) is 6.52. The van der Waals surface area contributed by atoms with Crippen LogP contribution in [0.4, 0.5) is 13.2 Å². The number of fused-ring (bicyclic) bond motifs is 1. The van der Waals surface area contributed by atoms with Gasteiger partial charge in [-0.05, 0) is 35.4 Å². The molecule has 2 aliphatic rings. The van der Waals surface area contributed by atoms with Gasteiger partial charge in [-0.1, -0.05) is 18.2 Å². The van der Waals surface area contributed by atoms with E-state index in [-0.39, 0.29) is 6.23 Å². The standard InChI is InChI=1S/C12H15NO.C2HF3O2/c1-14-12-11-5-4-9(8-2-3-8)6-10(11)7-13-12;3-2(4,5)1(6)7/h4-6,8,12-13H,2-3,7H2,1H3;(H,6,7). The molecule has 1 unspecified atom stereocenters. The molecule has 4 nitrogen and oxygen atoms in total. The Labute approximate surface area is 119 Å². The first-order valence-corrected chi connectivity index (χ1v) is 6.52. The van der Waals surface area contributed by atoms with Gasteiger partial charge in [0.05, 0.1) is 0 Å². The third-order valence-electron chi connectivity index (χ3n) is 3.45. The van der Waals surface area contributed by atoms with Gasteiger partial charge in [0.2, 0.25) is 0 Å². The van der Waals surface area contributed by atoms with E-state index in [0.717, 1.165) is 12.5 Å². The Morgan fingerprint density at radius 3 is 2.48 bits per heavy atom. The minimum Gasteiger partial charge on any atom is -0.475 e. The molecule has 7 heteroatoms. The summed E-state index contributed by atoms with van der Waals surface area (Å²) in [7, 11) is 1.75. The van der Waals surface area contributed by atoms with Crippen LogP contribution in [0.3, 0.4) is 0 Å². The molecule has 1 aromatic rings. The van der Waals surface area contributed by atoms with Crippen molar-refractivity contribution in [2.24, 2.45) is 0 Å². The second kappa shape index (κ2) is 6.03. The lowest BCUT2D eigenvalue weighted by Crippen LogP contribution is -2.21. The minimum absolute atomic E-state index is 0.109. The van der Waals surface area contributed by atoms with Crippen molar-refractivity contribution in [2.75, 3.05) is 7.11 Å². The number of carboxylic acids is 1. The summed E-state index contributed by atoms with van der Waals surface area (Å²) >= 11 is 0. The molecule has 116 valence electrons. The number of carbonyl (C=O) groups is 1. The highest BCUT2D eigenvalue weighted by Gasteiger charge is 2.38. The van der Waals surface area contributed by atoms with Gasteiger partial charge >= 0.3 is 12.1 Å². The second-order valence-electron chi connectivity index (χ2n) is 5.03. The molecular formula is C14H16F3NO3. The first-order chi connectivity index (χ1) is 9.82. The molecule has 0 aromatic heterocycles. The van der Waals surface area contributed by atoms with E-state index in [0.29, 0.717) is 0 Å². The number of ether oxygens (including phenoxy) is 1. The summed E-state index contributed by atoms with van der Waals surface area (Å²) < 4.78 is 37.1. The van der Waals surface area contributed by atoms with Gasteiger partial charge in [-0.3, -0.25) is 5.32 Å². The highest BCUT2D eigenvalue weighted by atomic mass is 19.4. The third-order valence-corrected chi connectivity index (χ3v) is 3.45. The number of methoxy groups -OCH3 is 1. The molecule has 21 heavy (non-hydrogen) atoms. The fraction of sp³-hybridized carbons (Fsp3) is 0.500. The van der Waals surface area contributed by atoms with Crippen molar-refractivity contribution in [3.63, 3.8) is 0 Å². The van der Waals surface area contributed by atoms with Crippen LogP contribution in [0.25, 0.3) is 0 Å². The molecule has 3 rings (SSSR count). The summed E-state index contributed by atoms with van der Waals surface area (Å²) in [5.74, 6) is -1.91. The Balaban J connectivity index is 0.000000199. The van der Waals surface area contributed by atoms with E-state index in [9.17, 15) is 13.2 Å². The van der Waals surface area contributed by atoms with Gasteiger partial charge < -0.3 is 9.84 Å².